The average Bonchev–Trinajstić information content (AvgIpc) is 3.17. The maximum atomic E-state index is 13.1. The van der Waals surface area contributed by atoms with E-state index in [0.717, 1.165) is 19.0 Å². The first kappa shape index (κ1) is 18.9. The van der Waals surface area contributed by atoms with E-state index < -0.39 is 0 Å². The number of piperidine rings is 3. The third-order valence-electron chi connectivity index (χ3n) is 7.95. The summed E-state index contributed by atoms with van der Waals surface area (Å²) >= 11 is 1.37. The van der Waals surface area contributed by atoms with Crippen LogP contribution in [0, 0.1) is 17.8 Å². The molecule has 1 aromatic heterocycles. The molecule has 1 amide bonds. The van der Waals surface area contributed by atoms with Crippen LogP contribution in [0.5, 0.6) is 0 Å². The Balaban J connectivity index is 1.36. The number of thiazole rings is 1. The zero-order valence-corrected chi connectivity index (χ0v) is 17.7. The SMILES string of the molecule is Nc1nc(C(=O)N2C[C@H]3C[C@@H](C2)[C@H](CC2CCCCC2)N2CCCC[C@@H]32)cs1. The molecule has 0 spiro atoms. The summed E-state index contributed by atoms with van der Waals surface area (Å²) in [4.78, 5) is 22.4. The van der Waals surface area contributed by atoms with Crippen LogP contribution in [0.25, 0.3) is 0 Å². The number of nitrogens with two attached hydrogens (primary N) is 1. The summed E-state index contributed by atoms with van der Waals surface area (Å²) in [5.41, 5.74) is 6.33. The van der Waals surface area contributed by atoms with E-state index in [4.69, 9.17) is 5.73 Å². The molecule has 154 valence electrons. The largest absolute Gasteiger partial charge is 0.375 e. The monoisotopic (exact) mass is 402 g/mol. The number of amides is 1. The third kappa shape index (κ3) is 3.58. The second-order valence-electron chi connectivity index (χ2n) is 9.65. The van der Waals surface area contributed by atoms with Gasteiger partial charge in [-0.15, -0.1) is 11.3 Å². The summed E-state index contributed by atoms with van der Waals surface area (Å²) < 4.78 is 0. The zero-order chi connectivity index (χ0) is 19.1. The highest BCUT2D eigenvalue weighted by Crippen LogP contribution is 2.44. The van der Waals surface area contributed by atoms with E-state index >= 15 is 0 Å². The average molecular weight is 403 g/mol. The van der Waals surface area contributed by atoms with Crippen LogP contribution in [0.1, 0.15) is 74.7 Å². The number of carbonyl (C=O) groups excluding carboxylic acids is 1. The van der Waals surface area contributed by atoms with Crippen molar-refractivity contribution in [3.8, 4) is 0 Å². The van der Waals surface area contributed by atoms with Gasteiger partial charge in [-0.2, -0.15) is 0 Å². The summed E-state index contributed by atoms with van der Waals surface area (Å²) in [5.74, 6) is 2.28. The summed E-state index contributed by atoms with van der Waals surface area (Å²) in [6.07, 6.45) is 13.8. The number of hydrogen-bond acceptors (Lipinski definition) is 5. The molecular weight excluding hydrogens is 368 g/mol. The number of anilines is 1. The molecule has 6 heteroatoms. The van der Waals surface area contributed by atoms with Gasteiger partial charge in [-0.3, -0.25) is 9.69 Å². The van der Waals surface area contributed by atoms with Crippen molar-refractivity contribution >= 4 is 22.4 Å². The lowest BCUT2D eigenvalue weighted by Crippen LogP contribution is -2.64. The van der Waals surface area contributed by atoms with Crippen molar-refractivity contribution in [2.24, 2.45) is 17.8 Å². The normalized spacial score (nSPS) is 34.2. The number of rotatable bonds is 3. The first-order valence-corrected chi connectivity index (χ1v) is 12.3. The molecule has 5 nitrogen and oxygen atoms in total. The van der Waals surface area contributed by atoms with E-state index in [2.05, 4.69) is 14.8 Å². The molecule has 3 aliphatic heterocycles. The summed E-state index contributed by atoms with van der Waals surface area (Å²) in [7, 11) is 0. The van der Waals surface area contributed by atoms with Gasteiger partial charge in [-0.05, 0) is 50.0 Å². The molecule has 4 fully saturated rings. The van der Waals surface area contributed by atoms with Crippen molar-refractivity contribution in [1.82, 2.24) is 14.8 Å². The number of nitrogen functional groups attached to an aromatic ring is 1. The van der Waals surface area contributed by atoms with E-state index in [9.17, 15) is 4.79 Å². The van der Waals surface area contributed by atoms with Gasteiger partial charge in [0.15, 0.2) is 5.13 Å². The quantitative estimate of drug-likeness (QED) is 0.830. The Morgan fingerprint density at radius 2 is 1.89 bits per heavy atom. The van der Waals surface area contributed by atoms with Crippen LogP contribution in [-0.2, 0) is 0 Å². The van der Waals surface area contributed by atoms with Crippen LogP contribution in [0.3, 0.4) is 0 Å². The Morgan fingerprint density at radius 1 is 1.11 bits per heavy atom. The fourth-order valence-electron chi connectivity index (χ4n) is 6.71. The molecule has 0 radical (unpaired) electrons. The van der Waals surface area contributed by atoms with Gasteiger partial charge in [-0.1, -0.05) is 38.5 Å². The molecule has 0 unspecified atom stereocenters. The van der Waals surface area contributed by atoms with E-state index in [1.54, 1.807) is 0 Å². The van der Waals surface area contributed by atoms with Gasteiger partial charge < -0.3 is 10.6 Å². The van der Waals surface area contributed by atoms with Crippen LogP contribution in [0.15, 0.2) is 5.38 Å². The van der Waals surface area contributed by atoms with Gasteiger partial charge in [0.1, 0.15) is 5.69 Å². The van der Waals surface area contributed by atoms with E-state index in [0.29, 0.717) is 34.7 Å². The number of hydrogen-bond donors (Lipinski definition) is 1. The minimum absolute atomic E-state index is 0.100. The van der Waals surface area contributed by atoms with Gasteiger partial charge in [0.25, 0.3) is 5.91 Å². The van der Waals surface area contributed by atoms with E-state index in [1.165, 1.54) is 82.1 Å². The Labute approximate surface area is 172 Å². The highest BCUT2D eigenvalue weighted by molar-refractivity contribution is 7.13. The van der Waals surface area contributed by atoms with E-state index in [1.807, 2.05) is 5.38 Å². The van der Waals surface area contributed by atoms with Crippen LogP contribution in [0.4, 0.5) is 5.13 Å². The standard InChI is InChI=1S/C22H34N4OS/c23-22-24-18(14-28-22)21(27)25-12-16-11-17(13-25)20(10-15-6-2-1-3-7-15)26-9-5-4-8-19(16)26/h14-17,19-20H,1-13H2,(H2,23,24)/t16-,17+,19+,20+/m1/s1. The number of carbonyl (C=O) groups is 1. The van der Waals surface area contributed by atoms with Crippen LogP contribution in [0.2, 0.25) is 0 Å². The summed E-state index contributed by atoms with van der Waals surface area (Å²) in [5, 5.41) is 2.32. The molecule has 3 saturated heterocycles. The second-order valence-corrected chi connectivity index (χ2v) is 10.5. The molecule has 4 aliphatic rings. The number of likely N-dealkylation sites (tertiary alicyclic amines) is 1. The van der Waals surface area contributed by atoms with Crippen molar-refractivity contribution in [2.75, 3.05) is 25.4 Å². The molecule has 1 aliphatic carbocycles. The van der Waals surface area contributed by atoms with E-state index in [-0.39, 0.29) is 5.91 Å². The highest BCUT2D eigenvalue weighted by atomic mass is 32.1. The first-order valence-electron chi connectivity index (χ1n) is 11.4. The Bertz CT molecular complexity index is 700. The van der Waals surface area contributed by atoms with Crippen molar-refractivity contribution in [3.05, 3.63) is 11.1 Å². The molecule has 5 rings (SSSR count). The maximum absolute atomic E-state index is 13.1. The lowest BCUT2D eigenvalue weighted by Gasteiger charge is -2.57. The van der Waals surface area contributed by atoms with Crippen LogP contribution in [-0.4, -0.2) is 52.4 Å². The fraction of sp³-hybridized carbons (Fsp3) is 0.818. The molecular formula is C22H34N4OS. The minimum atomic E-state index is 0.100. The van der Waals surface area contributed by atoms with Crippen LogP contribution < -0.4 is 5.73 Å². The molecule has 1 aromatic rings. The summed E-state index contributed by atoms with van der Waals surface area (Å²) in [6, 6.07) is 1.37. The van der Waals surface area contributed by atoms with Gasteiger partial charge in [0.2, 0.25) is 0 Å². The Hall–Kier alpha value is -1.14. The van der Waals surface area contributed by atoms with Crippen LogP contribution >= 0.6 is 11.3 Å². The first-order chi connectivity index (χ1) is 13.7. The number of fused-ring (bicyclic) bond motifs is 4. The molecule has 1 saturated carbocycles. The molecule has 28 heavy (non-hydrogen) atoms. The lowest BCUT2D eigenvalue weighted by atomic mass is 9.69. The predicted octanol–water partition coefficient (Wildman–Crippen LogP) is 4.01. The van der Waals surface area contributed by atoms with Crippen molar-refractivity contribution in [1.29, 1.82) is 0 Å². The smallest absolute Gasteiger partial charge is 0.273 e. The Morgan fingerprint density at radius 3 is 2.68 bits per heavy atom. The number of aromatic nitrogens is 1. The molecule has 4 atom stereocenters. The Kier molecular flexibility index (Phi) is 5.35. The zero-order valence-electron chi connectivity index (χ0n) is 16.9. The topological polar surface area (TPSA) is 62.5 Å². The van der Waals surface area contributed by atoms with Crippen molar-refractivity contribution in [3.63, 3.8) is 0 Å². The van der Waals surface area contributed by atoms with Gasteiger partial charge in [0.05, 0.1) is 0 Å². The number of nitrogens with zero attached hydrogens (tertiary/aromatic N) is 3. The van der Waals surface area contributed by atoms with Crippen molar-refractivity contribution < 1.29 is 4.79 Å². The molecule has 0 aromatic carbocycles. The maximum Gasteiger partial charge on any atom is 0.273 e. The second kappa shape index (κ2) is 7.94. The molecule has 2 N–H and O–H groups in total. The third-order valence-corrected chi connectivity index (χ3v) is 8.62. The molecule has 2 bridgehead atoms. The fourth-order valence-corrected chi connectivity index (χ4v) is 7.25. The lowest BCUT2D eigenvalue weighted by molar-refractivity contribution is -0.0726. The van der Waals surface area contributed by atoms with Gasteiger partial charge >= 0.3 is 0 Å². The van der Waals surface area contributed by atoms with Gasteiger partial charge in [-0.25, -0.2) is 4.98 Å². The highest BCUT2D eigenvalue weighted by Gasteiger charge is 2.48. The van der Waals surface area contributed by atoms with Gasteiger partial charge in [0, 0.05) is 30.6 Å². The molecule has 4 heterocycles. The predicted molar refractivity (Wildman–Crippen MR) is 113 cm³/mol. The minimum Gasteiger partial charge on any atom is -0.375 e. The summed E-state index contributed by atoms with van der Waals surface area (Å²) in [6.45, 7) is 3.10. The van der Waals surface area contributed by atoms with Crippen molar-refractivity contribution in [2.45, 2.75) is 76.3 Å².